The van der Waals surface area contributed by atoms with Crippen molar-refractivity contribution in [2.24, 2.45) is 46.3 Å². The highest BCUT2D eigenvalue weighted by Crippen LogP contribution is 2.67. The lowest BCUT2D eigenvalue weighted by molar-refractivity contribution is -0.151. The predicted octanol–water partition coefficient (Wildman–Crippen LogP) is 16.4. The fraction of sp³-hybridized carbons (Fsp3) is 0.792. The first-order valence-electron chi connectivity index (χ1n) is 24.2. The Kier molecular flexibility index (Phi) is 20.7. The minimum Gasteiger partial charge on any atom is -0.462 e. The van der Waals surface area contributed by atoms with Gasteiger partial charge < -0.3 is 4.74 Å². The van der Waals surface area contributed by atoms with E-state index in [-0.39, 0.29) is 12.1 Å². The Balaban J connectivity index is 1.01. The van der Waals surface area contributed by atoms with E-state index >= 15 is 0 Å². The largest absolute Gasteiger partial charge is 0.462 e. The average molecular weight is 757 g/mol. The molecular weight excluding hydrogens is 669 g/mol. The molecule has 0 amide bonds. The molecule has 0 spiro atoms. The minimum absolute atomic E-state index is 0.0566. The van der Waals surface area contributed by atoms with Gasteiger partial charge in [0.1, 0.15) is 6.10 Å². The van der Waals surface area contributed by atoms with E-state index in [0.29, 0.717) is 17.3 Å². The molecule has 4 aliphatic carbocycles. The molecule has 8 atom stereocenters. The lowest BCUT2D eigenvalue weighted by Gasteiger charge is -2.58. The zero-order valence-electron chi connectivity index (χ0n) is 37.1. The molecule has 0 aromatic rings. The quantitative estimate of drug-likeness (QED) is 0.0499. The Bertz CT molecular complexity index is 1230. The fourth-order valence-electron chi connectivity index (χ4n) is 12.0. The summed E-state index contributed by atoms with van der Waals surface area (Å²) in [6.45, 7) is 14.8. The third-order valence-corrected chi connectivity index (χ3v) is 15.3. The molecule has 3 saturated carbocycles. The SMILES string of the molecule is CC/C=C\C/C=C\C/C=C\C/C=C\CCCCCCCCCCCCC(=O)OC1CCC2(C)C(=CCC3C2CCC2(C)C(C(C)CCCC(C)C)CCC32)C1. The lowest BCUT2D eigenvalue weighted by atomic mass is 9.47. The molecule has 3 fully saturated rings. The second-order valence-corrected chi connectivity index (χ2v) is 19.7. The molecule has 0 heterocycles. The van der Waals surface area contributed by atoms with Gasteiger partial charge in [-0.1, -0.05) is 172 Å². The van der Waals surface area contributed by atoms with Gasteiger partial charge in [0.05, 0.1) is 0 Å². The molecule has 312 valence electrons. The highest BCUT2D eigenvalue weighted by Gasteiger charge is 2.59. The third kappa shape index (κ3) is 14.5. The summed E-state index contributed by atoms with van der Waals surface area (Å²) in [6.07, 6.45) is 54.5. The average Bonchev–Trinajstić information content (AvgIpc) is 3.52. The monoisotopic (exact) mass is 757 g/mol. The van der Waals surface area contributed by atoms with E-state index in [1.807, 2.05) is 0 Å². The number of ether oxygens (including phenoxy) is 1. The van der Waals surface area contributed by atoms with E-state index in [1.165, 1.54) is 122 Å². The Morgan fingerprint density at radius 3 is 1.98 bits per heavy atom. The highest BCUT2D eigenvalue weighted by molar-refractivity contribution is 5.69. The number of carbonyl (C=O) groups excluding carboxylic acids is 1. The first kappa shape index (κ1) is 45.9. The lowest BCUT2D eigenvalue weighted by Crippen LogP contribution is -2.51. The molecule has 0 aromatic carbocycles. The van der Waals surface area contributed by atoms with Crippen molar-refractivity contribution in [2.75, 3.05) is 0 Å². The van der Waals surface area contributed by atoms with Gasteiger partial charge >= 0.3 is 5.97 Å². The van der Waals surface area contributed by atoms with Crippen molar-refractivity contribution in [3.63, 3.8) is 0 Å². The van der Waals surface area contributed by atoms with Crippen molar-refractivity contribution in [3.8, 4) is 0 Å². The van der Waals surface area contributed by atoms with Crippen LogP contribution in [0.5, 0.6) is 0 Å². The van der Waals surface area contributed by atoms with Gasteiger partial charge in [-0.3, -0.25) is 4.79 Å². The Morgan fingerprint density at radius 2 is 1.33 bits per heavy atom. The van der Waals surface area contributed by atoms with Gasteiger partial charge in [-0.25, -0.2) is 0 Å². The van der Waals surface area contributed by atoms with Crippen molar-refractivity contribution < 1.29 is 9.53 Å². The summed E-state index contributed by atoms with van der Waals surface area (Å²) in [4.78, 5) is 12.9. The smallest absolute Gasteiger partial charge is 0.306 e. The number of allylic oxidation sites excluding steroid dienone is 9. The van der Waals surface area contributed by atoms with Gasteiger partial charge in [0.15, 0.2) is 0 Å². The number of hydrogen-bond donors (Lipinski definition) is 0. The van der Waals surface area contributed by atoms with Crippen LogP contribution in [0, 0.1) is 46.3 Å². The second-order valence-electron chi connectivity index (χ2n) is 19.7. The number of unbranched alkanes of at least 4 members (excludes halogenated alkanes) is 10. The first-order valence-corrected chi connectivity index (χ1v) is 24.2. The van der Waals surface area contributed by atoms with Crippen LogP contribution in [0.15, 0.2) is 60.3 Å². The zero-order chi connectivity index (χ0) is 39.4. The Morgan fingerprint density at radius 1 is 0.709 bits per heavy atom. The molecule has 2 nitrogen and oxygen atoms in total. The first-order chi connectivity index (χ1) is 26.7. The number of fused-ring (bicyclic) bond motifs is 5. The summed E-state index contributed by atoms with van der Waals surface area (Å²) in [5.41, 5.74) is 2.52. The van der Waals surface area contributed by atoms with Gasteiger partial charge in [-0.15, -0.1) is 0 Å². The minimum atomic E-state index is 0.0566. The summed E-state index contributed by atoms with van der Waals surface area (Å²) >= 11 is 0. The maximum Gasteiger partial charge on any atom is 0.306 e. The standard InChI is InChI=1S/C53H88O2/c1-7-8-9-10-11-12-13-14-15-16-17-18-19-20-21-22-23-24-25-26-27-28-29-33-51(54)55-46-38-40-52(5)45(42-46)34-35-47-49-37-36-48(44(4)32-30-31-43(2)3)53(49,6)41-39-50(47)52/h8-9,11-12,14-15,17-18,34,43-44,46-50H,7,10,13,16,19-33,35-42H2,1-6H3/b9-8-,12-11-,15-14-,18-17-. The maximum absolute atomic E-state index is 12.9. The van der Waals surface area contributed by atoms with E-state index in [9.17, 15) is 4.79 Å². The fourth-order valence-corrected chi connectivity index (χ4v) is 12.0. The molecule has 4 aliphatic rings. The summed E-state index contributed by atoms with van der Waals surface area (Å²) in [6, 6.07) is 0. The van der Waals surface area contributed by atoms with Crippen LogP contribution in [0.3, 0.4) is 0 Å². The predicted molar refractivity (Wildman–Crippen MR) is 239 cm³/mol. The van der Waals surface area contributed by atoms with E-state index in [2.05, 4.69) is 96.2 Å². The van der Waals surface area contributed by atoms with Crippen LogP contribution in [0.1, 0.15) is 215 Å². The topological polar surface area (TPSA) is 26.3 Å². The molecule has 0 saturated heterocycles. The van der Waals surface area contributed by atoms with E-state index in [0.717, 1.165) is 80.5 Å². The van der Waals surface area contributed by atoms with Crippen LogP contribution in [0.2, 0.25) is 0 Å². The summed E-state index contributed by atoms with van der Waals surface area (Å²) in [5.74, 6) is 5.30. The van der Waals surface area contributed by atoms with Crippen LogP contribution in [-0.4, -0.2) is 12.1 Å². The Hall–Kier alpha value is -1.83. The normalized spacial score (nSPS) is 30.0. The molecule has 55 heavy (non-hydrogen) atoms. The number of esters is 1. The highest BCUT2D eigenvalue weighted by atomic mass is 16.5. The van der Waals surface area contributed by atoms with Crippen LogP contribution >= 0.6 is 0 Å². The number of rotatable bonds is 26. The van der Waals surface area contributed by atoms with Crippen LogP contribution in [-0.2, 0) is 9.53 Å². The summed E-state index contributed by atoms with van der Waals surface area (Å²) < 4.78 is 6.15. The third-order valence-electron chi connectivity index (χ3n) is 15.3. The van der Waals surface area contributed by atoms with Crippen LogP contribution in [0.25, 0.3) is 0 Å². The van der Waals surface area contributed by atoms with Crippen molar-refractivity contribution in [1.82, 2.24) is 0 Å². The molecule has 0 aliphatic heterocycles. The Labute approximate surface area is 342 Å². The molecule has 2 heteroatoms. The number of hydrogen-bond acceptors (Lipinski definition) is 2. The van der Waals surface area contributed by atoms with Crippen molar-refractivity contribution in [3.05, 3.63) is 60.3 Å². The van der Waals surface area contributed by atoms with Gasteiger partial charge in [-0.2, -0.15) is 0 Å². The van der Waals surface area contributed by atoms with Crippen LogP contribution < -0.4 is 0 Å². The van der Waals surface area contributed by atoms with Crippen molar-refractivity contribution >= 4 is 5.97 Å². The van der Waals surface area contributed by atoms with Crippen molar-refractivity contribution in [1.29, 1.82) is 0 Å². The van der Waals surface area contributed by atoms with E-state index in [1.54, 1.807) is 5.57 Å². The van der Waals surface area contributed by atoms with Gasteiger partial charge in [0, 0.05) is 12.8 Å². The van der Waals surface area contributed by atoms with Crippen LogP contribution in [0.4, 0.5) is 0 Å². The maximum atomic E-state index is 12.9. The molecule has 0 bridgehead atoms. The molecule has 0 aromatic heterocycles. The van der Waals surface area contributed by atoms with Crippen molar-refractivity contribution in [2.45, 2.75) is 221 Å². The van der Waals surface area contributed by atoms with Gasteiger partial charge in [0.25, 0.3) is 0 Å². The molecular formula is C53H88O2. The van der Waals surface area contributed by atoms with E-state index < -0.39 is 0 Å². The summed E-state index contributed by atoms with van der Waals surface area (Å²) in [7, 11) is 0. The molecule has 0 N–H and O–H groups in total. The van der Waals surface area contributed by atoms with Gasteiger partial charge in [-0.05, 0) is 136 Å². The van der Waals surface area contributed by atoms with Gasteiger partial charge in [0.2, 0.25) is 0 Å². The number of carbonyl (C=O) groups is 1. The second kappa shape index (κ2) is 24.8. The zero-order valence-corrected chi connectivity index (χ0v) is 37.1. The van der Waals surface area contributed by atoms with E-state index in [4.69, 9.17) is 4.74 Å². The molecule has 8 unspecified atom stereocenters. The molecule has 4 rings (SSSR count). The summed E-state index contributed by atoms with van der Waals surface area (Å²) in [5, 5.41) is 0. The molecule has 0 radical (unpaired) electrons.